The minimum Gasteiger partial charge on any atom is -0.493 e. The summed E-state index contributed by atoms with van der Waals surface area (Å²) in [6.45, 7) is 5.50. The molecule has 1 aromatic rings. The molecule has 0 amide bonds. The lowest BCUT2D eigenvalue weighted by Crippen LogP contribution is -2.22. The van der Waals surface area contributed by atoms with Crippen LogP contribution in [-0.4, -0.2) is 39.4 Å². The van der Waals surface area contributed by atoms with Crippen LogP contribution in [0.4, 0.5) is 0 Å². The molecule has 1 aromatic carbocycles. The molecule has 0 bridgehead atoms. The summed E-state index contributed by atoms with van der Waals surface area (Å²) in [6.07, 6.45) is 1.60. The Hall–Kier alpha value is -2.50. The molecule has 6 heteroatoms. The maximum absolute atomic E-state index is 12.2. The Bertz CT molecular complexity index is 606. The predicted molar refractivity (Wildman–Crippen MR) is 90.0 cm³/mol. The molecule has 0 fully saturated rings. The number of ether oxygens (including phenoxy) is 4. The summed E-state index contributed by atoms with van der Waals surface area (Å²) in [5.74, 6) is -0.661. The quantitative estimate of drug-likeness (QED) is 0.537. The van der Waals surface area contributed by atoms with E-state index in [0.717, 1.165) is 0 Å². The van der Waals surface area contributed by atoms with Crippen LogP contribution in [0.2, 0.25) is 0 Å². The molecule has 1 rings (SSSR count). The summed E-state index contributed by atoms with van der Waals surface area (Å²) in [4.78, 5) is 24.2. The molecule has 6 nitrogen and oxygen atoms in total. The van der Waals surface area contributed by atoms with Crippen molar-refractivity contribution in [3.8, 4) is 11.5 Å². The second kappa shape index (κ2) is 9.60. The number of carbonyl (C=O) groups excluding carboxylic acids is 2. The maximum atomic E-state index is 12.2. The molecule has 0 aliphatic heterocycles. The first-order valence-corrected chi connectivity index (χ1v) is 7.75. The fourth-order valence-electron chi connectivity index (χ4n) is 2.09. The van der Waals surface area contributed by atoms with E-state index >= 15 is 0 Å². The largest absolute Gasteiger partial charge is 0.493 e. The molecule has 0 aliphatic carbocycles. The van der Waals surface area contributed by atoms with Crippen molar-refractivity contribution in [2.24, 2.45) is 5.92 Å². The van der Waals surface area contributed by atoms with Gasteiger partial charge in [0, 0.05) is 0 Å². The van der Waals surface area contributed by atoms with Gasteiger partial charge in [-0.15, -0.1) is 0 Å². The number of rotatable bonds is 8. The third-order valence-electron chi connectivity index (χ3n) is 3.35. The van der Waals surface area contributed by atoms with E-state index in [4.69, 9.17) is 18.9 Å². The summed E-state index contributed by atoms with van der Waals surface area (Å²) >= 11 is 0. The van der Waals surface area contributed by atoms with Crippen molar-refractivity contribution in [3.63, 3.8) is 0 Å². The van der Waals surface area contributed by atoms with Crippen molar-refractivity contribution < 1.29 is 28.5 Å². The molecule has 0 heterocycles. The Balaban J connectivity index is 3.25. The van der Waals surface area contributed by atoms with Gasteiger partial charge >= 0.3 is 11.9 Å². The monoisotopic (exact) mass is 336 g/mol. The molecular weight excluding hydrogens is 312 g/mol. The highest BCUT2D eigenvalue weighted by Crippen LogP contribution is 2.29. The zero-order chi connectivity index (χ0) is 18.1. The molecule has 0 radical (unpaired) electrons. The van der Waals surface area contributed by atoms with Gasteiger partial charge in [0.1, 0.15) is 0 Å². The van der Waals surface area contributed by atoms with E-state index in [0.29, 0.717) is 17.1 Å². The molecule has 132 valence electrons. The maximum Gasteiger partial charge on any atom is 0.334 e. The van der Waals surface area contributed by atoms with Gasteiger partial charge in [0.05, 0.1) is 38.9 Å². The average Bonchev–Trinajstić information content (AvgIpc) is 2.59. The predicted octanol–water partition coefficient (Wildman–Crippen LogP) is 2.85. The Labute approximate surface area is 142 Å². The lowest BCUT2D eigenvalue weighted by molar-refractivity contribution is -0.149. The molecule has 0 N–H and O–H groups in total. The first kappa shape index (κ1) is 19.5. The van der Waals surface area contributed by atoms with Crippen molar-refractivity contribution >= 4 is 18.0 Å². The minimum absolute atomic E-state index is 0.220. The lowest BCUT2D eigenvalue weighted by atomic mass is 9.98. The molecule has 1 atom stereocenters. The van der Waals surface area contributed by atoms with Crippen molar-refractivity contribution in [1.82, 2.24) is 0 Å². The van der Waals surface area contributed by atoms with Gasteiger partial charge in [-0.1, -0.05) is 6.07 Å². The normalized spacial score (nSPS) is 12.3. The van der Waals surface area contributed by atoms with Crippen LogP contribution < -0.4 is 9.47 Å². The van der Waals surface area contributed by atoms with Gasteiger partial charge in [-0.2, -0.15) is 0 Å². The van der Waals surface area contributed by atoms with Crippen molar-refractivity contribution in [3.05, 3.63) is 29.3 Å². The third kappa shape index (κ3) is 5.01. The molecule has 0 saturated heterocycles. The van der Waals surface area contributed by atoms with Gasteiger partial charge in [0.25, 0.3) is 0 Å². The third-order valence-corrected chi connectivity index (χ3v) is 3.35. The van der Waals surface area contributed by atoms with Crippen LogP contribution >= 0.6 is 0 Å². The zero-order valence-electron chi connectivity index (χ0n) is 14.8. The standard InChI is InChI=1S/C18H24O6/c1-6-23-17(19)12(3)14(18(20)24-7-2)10-13-8-9-15(21-4)16(11-13)22-5/h8-12H,6-7H2,1-5H3. The van der Waals surface area contributed by atoms with Crippen LogP contribution in [0.1, 0.15) is 26.3 Å². The summed E-state index contributed by atoms with van der Waals surface area (Å²) in [5.41, 5.74) is 0.911. The zero-order valence-corrected chi connectivity index (χ0v) is 14.8. The van der Waals surface area contributed by atoms with Crippen LogP contribution in [0.25, 0.3) is 6.08 Å². The molecule has 0 saturated carbocycles. The fourth-order valence-corrected chi connectivity index (χ4v) is 2.09. The second-order valence-electron chi connectivity index (χ2n) is 4.91. The van der Waals surface area contributed by atoms with E-state index in [1.807, 2.05) is 0 Å². The van der Waals surface area contributed by atoms with Crippen LogP contribution in [0.5, 0.6) is 11.5 Å². The van der Waals surface area contributed by atoms with Gasteiger partial charge in [-0.25, -0.2) is 4.79 Å². The first-order valence-electron chi connectivity index (χ1n) is 7.75. The Morgan fingerprint density at radius 2 is 1.67 bits per heavy atom. The second-order valence-corrected chi connectivity index (χ2v) is 4.91. The topological polar surface area (TPSA) is 71.1 Å². The Morgan fingerprint density at radius 3 is 2.21 bits per heavy atom. The SMILES string of the molecule is CCOC(=O)C(=Cc1ccc(OC)c(OC)c1)C(C)C(=O)OCC. The number of carbonyl (C=O) groups is 2. The molecular formula is C18H24O6. The van der Waals surface area contributed by atoms with E-state index in [1.165, 1.54) is 7.11 Å². The molecule has 24 heavy (non-hydrogen) atoms. The average molecular weight is 336 g/mol. The van der Waals surface area contributed by atoms with E-state index < -0.39 is 17.9 Å². The van der Waals surface area contributed by atoms with E-state index in [2.05, 4.69) is 0 Å². The molecule has 0 spiro atoms. The summed E-state index contributed by atoms with van der Waals surface area (Å²) < 4.78 is 20.5. The van der Waals surface area contributed by atoms with E-state index in [9.17, 15) is 9.59 Å². The lowest BCUT2D eigenvalue weighted by Gasteiger charge is -2.14. The number of hydrogen-bond donors (Lipinski definition) is 0. The number of esters is 2. The smallest absolute Gasteiger partial charge is 0.334 e. The highest BCUT2D eigenvalue weighted by atomic mass is 16.5. The molecule has 0 aromatic heterocycles. The van der Waals surface area contributed by atoms with E-state index in [1.54, 1.807) is 52.2 Å². The fraction of sp³-hybridized carbons (Fsp3) is 0.444. The van der Waals surface area contributed by atoms with Crippen molar-refractivity contribution in [2.45, 2.75) is 20.8 Å². The van der Waals surface area contributed by atoms with Crippen LogP contribution in [0.3, 0.4) is 0 Å². The summed E-state index contributed by atoms with van der Waals surface area (Å²) in [6, 6.07) is 5.21. The molecule has 1 unspecified atom stereocenters. The van der Waals surface area contributed by atoms with Crippen LogP contribution in [0, 0.1) is 5.92 Å². The van der Waals surface area contributed by atoms with Crippen molar-refractivity contribution in [1.29, 1.82) is 0 Å². The van der Waals surface area contributed by atoms with Gasteiger partial charge in [-0.3, -0.25) is 4.79 Å². The summed E-state index contributed by atoms with van der Waals surface area (Å²) in [5, 5.41) is 0. The van der Waals surface area contributed by atoms with Gasteiger partial charge < -0.3 is 18.9 Å². The Morgan fingerprint density at radius 1 is 1.04 bits per heavy atom. The number of hydrogen-bond acceptors (Lipinski definition) is 6. The minimum atomic E-state index is -0.739. The number of benzene rings is 1. The summed E-state index contributed by atoms with van der Waals surface area (Å²) in [7, 11) is 3.07. The van der Waals surface area contributed by atoms with E-state index in [-0.39, 0.29) is 18.8 Å². The van der Waals surface area contributed by atoms with Crippen molar-refractivity contribution in [2.75, 3.05) is 27.4 Å². The van der Waals surface area contributed by atoms with Gasteiger partial charge in [0.15, 0.2) is 11.5 Å². The number of methoxy groups -OCH3 is 2. The van der Waals surface area contributed by atoms with Gasteiger partial charge in [-0.05, 0) is 44.5 Å². The Kier molecular flexibility index (Phi) is 7.82. The molecule has 0 aliphatic rings. The first-order chi connectivity index (χ1) is 11.5. The highest BCUT2D eigenvalue weighted by Gasteiger charge is 2.25. The van der Waals surface area contributed by atoms with Gasteiger partial charge in [0.2, 0.25) is 0 Å². The highest BCUT2D eigenvalue weighted by molar-refractivity contribution is 5.99. The van der Waals surface area contributed by atoms with Crippen LogP contribution in [0.15, 0.2) is 23.8 Å². The van der Waals surface area contributed by atoms with Crippen LogP contribution in [-0.2, 0) is 19.1 Å².